The summed E-state index contributed by atoms with van der Waals surface area (Å²) >= 11 is 0. The molecule has 0 bridgehead atoms. The van der Waals surface area contributed by atoms with E-state index in [1.54, 1.807) is 23.7 Å². The summed E-state index contributed by atoms with van der Waals surface area (Å²) < 4.78 is 34.4. The molecule has 25 heavy (non-hydrogen) atoms. The zero-order valence-corrected chi connectivity index (χ0v) is 14.8. The smallest absolute Gasteiger partial charge is 0.262 e. The summed E-state index contributed by atoms with van der Waals surface area (Å²) in [5.41, 5.74) is 0. The Kier molecular flexibility index (Phi) is 4.78. The molecule has 0 aliphatic carbocycles. The number of benzene rings is 1. The average Bonchev–Trinajstić information content (AvgIpc) is 3.22. The van der Waals surface area contributed by atoms with Gasteiger partial charge in [0.25, 0.3) is 10.0 Å². The Morgan fingerprint density at radius 1 is 1.32 bits per heavy atom. The van der Waals surface area contributed by atoms with E-state index < -0.39 is 22.2 Å². The van der Waals surface area contributed by atoms with Crippen molar-refractivity contribution in [2.45, 2.75) is 23.6 Å². The molecule has 1 N–H and O–H groups in total. The third kappa shape index (κ3) is 3.52. The number of carbonyl (C=O) groups is 1. The van der Waals surface area contributed by atoms with Crippen LogP contribution in [0.5, 0.6) is 5.75 Å². The number of imidazole rings is 1. The van der Waals surface area contributed by atoms with Crippen molar-refractivity contribution in [2.24, 2.45) is 7.05 Å². The minimum atomic E-state index is -3.89. The summed E-state index contributed by atoms with van der Waals surface area (Å²) in [6, 6.07) is 8.31. The van der Waals surface area contributed by atoms with Crippen LogP contribution in [0.4, 0.5) is 0 Å². The van der Waals surface area contributed by atoms with E-state index in [0.717, 1.165) is 0 Å². The van der Waals surface area contributed by atoms with Gasteiger partial charge in [-0.2, -0.15) is 4.31 Å². The van der Waals surface area contributed by atoms with Gasteiger partial charge in [0.2, 0.25) is 5.91 Å². The van der Waals surface area contributed by atoms with E-state index in [1.165, 1.54) is 23.9 Å². The van der Waals surface area contributed by atoms with E-state index in [4.69, 9.17) is 4.74 Å². The third-order valence-electron chi connectivity index (χ3n) is 4.07. The molecule has 1 aliphatic heterocycles. The lowest BCUT2D eigenvalue weighted by Crippen LogP contribution is -2.44. The quantitative estimate of drug-likeness (QED) is 0.828. The van der Waals surface area contributed by atoms with Gasteiger partial charge in [-0.05, 0) is 12.1 Å². The van der Waals surface area contributed by atoms with Crippen LogP contribution in [-0.2, 0) is 21.9 Å². The van der Waals surface area contributed by atoms with Gasteiger partial charge in [-0.1, -0.05) is 18.2 Å². The fourth-order valence-electron chi connectivity index (χ4n) is 2.86. The Morgan fingerprint density at radius 2 is 2.04 bits per heavy atom. The number of likely N-dealkylation sites (N-methyl/N-ethyl adjacent to an activating group) is 1. The molecule has 8 nitrogen and oxygen atoms in total. The number of amides is 1. The zero-order valence-electron chi connectivity index (χ0n) is 14.0. The van der Waals surface area contributed by atoms with E-state index in [9.17, 15) is 13.2 Å². The molecule has 2 atom stereocenters. The summed E-state index contributed by atoms with van der Waals surface area (Å²) in [6.07, 6.45) is 2.70. The van der Waals surface area contributed by atoms with E-state index in [0.29, 0.717) is 5.75 Å². The normalized spacial score (nSPS) is 21.2. The van der Waals surface area contributed by atoms with Gasteiger partial charge >= 0.3 is 0 Å². The minimum Gasteiger partial charge on any atom is -0.489 e. The molecule has 0 radical (unpaired) electrons. The molecule has 1 amide bonds. The summed E-state index contributed by atoms with van der Waals surface area (Å²) in [7, 11) is -0.713. The standard InChI is InChI=1S/C16H20N4O4S/c1-17-16(21)14-8-13(24-12-6-4-3-5-7-12)9-20(14)25(22,23)15-10-19(2)11-18-15/h3-7,10-11,13-14H,8-9H2,1-2H3,(H,17,21)/t13-,14-/m0/s1. The van der Waals surface area contributed by atoms with Gasteiger partial charge in [-0.3, -0.25) is 4.79 Å². The van der Waals surface area contributed by atoms with Crippen molar-refractivity contribution in [2.75, 3.05) is 13.6 Å². The first-order chi connectivity index (χ1) is 11.9. The first-order valence-corrected chi connectivity index (χ1v) is 9.29. The highest BCUT2D eigenvalue weighted by Gasteiger charge is 2.45. The SMILES string of the molecule is CNC(=O)[C@@H]1C[C@H](Oc2ccccc2)CN1S(=O)(=O)c1cn(C)cn1. The molecule has 1 saturated heterocycles. The van der Waals surface area contributed by atoms with Crippen molar-refractivity contribution < 1.29 is 17.9 Å². The maximum absolute atomic E-state index is 12.9. The Morgan fingerprint density at radius 3 is 2.64 bits per heavy atom. The number of hydrogen-bond acceptors (Lipinski definition) is 5. The average molecular weight is 364 g/mol. The molecule has 2 aromatic rings. The van der Waals surface area contributed by atoms with Crippen molar-refractivity contribution in [3.63, 3.8) is 0 Å². The van der Waals surface area contributed by atoms with E-state index in [1.807, 2.05) is 18.2 Å². The van der Waals surface area contributed by atoms with E-state index in [-0.39, 0.29) is 23.9 Å². The van der Waals surface area contributed by atoms with Crippen LogP contribution in [-0.4, -0.2) is 53.9 Å². The predicted molar refractivity (Wildman–Crippen MR) is 90.4 cm³/mol. The number of nitrogens with zero attached hydrogens (tertiary/aromatic N) is 3. The highest BCUT2D eigenvalue weighted by Crippen LogP contribution is 2.28. The number of hydrogen-bond donors (Lipinski definition) is 1. The first-order valence-electron chi connectivity index (χ1n) is 7.85. The van der Waals surface area contributed by atoms with Crippen LogP contribution in [0.2, 0.25) is 0 Å². The molecule has 3 rings (SSSR count). The maximum Gasteiger partial charge on any atom is 0.262 e. The second kappa shape index (κ2) is 6.85. The van der Waals surface area contributed by atoms with Crippen LogP contribution < -0.4 is 10.1 Å². The number of sulfonamides is 1. The lowest BCUT2D eigenvalue weighted by molar-refractivity contribution is -0.123. The molecule has 0 saturated carbocycles. The van der Waals surface area contributed by atoms with Crippen LogP contribution in [0.25, 0.3) is 0 Å². The second-order valence-electron chi connectivity index (χ2n) is 5.87. The molecular formula is C16H20N4O4S. The monoisotopic (exact) mass is 364 g/mol. The Bertz CT molecular complexity index is 850. The van der Waals surface area contributed by atoms with Crippen LogP contribution in [0, 0.1) is 0 Å². The largest absolute Gasteiger partial charge is 0.489 e. The maximum atomic E-state index is 12.9. The van der Waals surface area contributed by atoms with Crippen molar-refractivity contribution in [3.8, 4) is 5.75 Å². The van der Waals surface area contributed by atoms with Gasteiger partial charge < -0.3 is 14.6 Å². The molecule has 1 aliphatic rings. The lowest BCUT2D eigenvalue weighted by Gasteiger charge is -2.21. The van der Waals surface area contributed by atoms with Gasteiger partial charge in [-0.25, -0.2) is 13.4 Å². The number of carbonyl (C=O) groups excluding carboxylic acids is 1. The third-order valence-corrected chi connectivity index (χ3v) is 5.83. The van der Waals surface area contributed by atoms with E-state index in [2.05, 4.69) is 10.3 Å². The van der Waals surface area contributed by atoms with Gasteiger partial charge in [-0.15, -0.1) is 0 Å². The Hall–Kier alpha value is -2.39. The number of rotatable bonds is 5. The molecule has 0 unspecified atom stereocenters. The summed E-state index contributed by atoms with van der Waals surface area (Å²) in [6.45, 7) is 0.0892. The van der Waals surface area contributed by atoms with Crippen molar-refractivity contribution >= 4 is 15.9 Å². The number of ether oxygens (including phenoxy) is 1. The number of nitrogens with one attached hydrogen (secondary N) is 1. The number of aryl methyl sites for hydroxylation is 1. The fourth-order valence-corrected chi connectivity index (χ4v) is 4.46. The number of aromatic nitrogens is 2. The van der Waals surface area contributed by atoms with Crippen LogP contribution >= 0.6 is 0 Å². The molecule has 9 heteroatoms. The van der Waals surface area contributed by atoms with Crippen molar-refractivity contribution in [1.29, 1.82) is 0 Å². The Labute approximate surface area is 146 Å². The van der Waals surface area contributed by atoms with Crippen LogP contribution in [0.15, 0.2) is 47.9 Å². The molecule has 0 spiro atoms. The second-order valence-corrected chi connectivity index (χ2v) is 7.71. The van der Waals surface area contributed by atoms with E-state index >= 15 is 0 Å². The minimum absolute atomic E-state index is 0.0794. The van der Waals surface area contributed by atoms with Gasteiger partial charge in [0.05, 0.1) is 12.9 Å². The van der Waals surface area contributed by atoms with Crippen LogP contribution in [0.1, 0.15) is 6.42 Å². The molecule has 1 fully saturated rings. The van der Waals surface area contributed by atoms with Gasteiger partial charge in [0, 0.05) is 26.7 Å². The van der Waals surface area contributed by atoms with Crippen molar-refractivity contribution in [1.82, 2.24) is 19.2 Å². The molecule has 2 heterocycles. The van der Waals surface area contributed by atoms with Crippen LogP contribution in [0.3, 0.4) is 0 Å². The fraction of sp³-hybridized carbons (Fsp3) is 0.375. The van der Waals surface area contributed by atoms with Gasteiger partial charge in [0.15, 0.2) is 5.03 Å². The molecule has 1 aromatic heterocycles. The lowest BCUT2D eigenvalue weighted by atomic mass is 10.2. The molecular weight excluding hydrogens is 344 g/mol. The highest BCUT2D eigenvalue weighted by atomic mass is 32.2. The van der Waals surface area contributed by atoms with Gasteiger partial charge in [0.1, 0.15) is 17.9 Å². The Balaban J connectivity index is 1.86. The zero-order chi connectivity index (χ0) is 18.0. The topological polar surface area (TPSA) is 93.5 Å². The number of para-hydroxylation sites is 1. The highest BCUT2D eigenvalue weighted by molar-refractivity contribution is 7.89. The summed E-state index contributed by atoms with van der Waals surface area (Å²) in [4.78, 5) is 16.1. The van der Waals surface area contributed by atoms with Crippen molar-refractivity contribution in [3.05, 3.63) is 42.9 Å². The summed E-state index contributed by atoms with van der Waals surface area (Å²) in [5, 5.41) is 2.44. The molecule has 134 valence electrons. The summed E-state index contributed by atoms with van der Waals surface area (Å²) in [5.74, 6) is 0.277. The first kappa shape index (κ1) is 17.4. The molecule has 1 aromatic carbocycles. The predicted octanol–water partition coefficient (Wildman–Crippen LogP) is 0.377.